The van der Waals surface area contributed by atoms with E-state index < -0.39 is 0 Å². The summed E-state index contributed by atoms with van der Waals surface area (Å²) in [4.78, 5) is 13.6. The smallest absolute Gasteiger partial charge is 0.261 e. The van der Waals surface area contributed by atoms with Gasteiger partial charge in [-0.05, 0) is 39.0 Å². The highest BCUT2D eigenvalue weighted by Crippen LogP contribution is 2.22. The molecule has 4 nitrogen and oxygen atoms in total. The first kappa shape index (κ1) is 15.4. The molecule has 1 unspecified atom stereocenters. The first-order valence-corrected chi connectivity index (χ1v) is 7.40. The average molecular weight is 303 g/mol. The van der Waals surface area contributed by atoms with E-state index in [-0.39, 0.29) is 18.6 Å². The predicted molar refractivity (Wildman–Crippen MR) is 82.3 cm³/mol. The van der Waals surface area contributed by atoms with Crippen molar-refractivity contribution >= 4 is 17.2 Å². The van der Waals surface area contributed by atoms with Gasteiger partial charge in [0.25, 0.3) is 5.91 Å². The van der Waals surface area contributed by atoms with Crippen LogP contribution < -0.4 is 5.32 Å². The molecule has 2 aromatic rings. The maximum Gasteiger partial charge on any atom is 0.261 e. The number of aliphatic hydroxyl groups is 1. The van der Waals surface area contributed by atoms with Crippen LogP contribution in [-0.2, 0) is 0 Å². The minimum atomic E-state index is -0.185. The van der Waals surface area contributed by atoms with Gasteiger partial charge in [0.15, 0.2) is 0 Å². The Morgan fingerprint density at radius 1 is 1.48 bits per heavy atom. The number of aryl methyl sites for hydroxylation is 2. The highest BCUT2D eigenvalue weighted by molar-refractivity contribution is 7.14. The number of hydrogen-bond acceptors (Lipinski definition) is 4. The van der Waals surface area contributed by atoms with E-state index in [1.807, 2.05) is 26.8 Å². The number of amides is 1. The molecule has 0 bridgehead atoms. The van der Waals surface area contributed by atoms with E-state index in [4.69, 9.17) is 9.52 Å². The zero-order chi connectivity index (χ0) is 15.4. The molecule has 0 fully saturated rings. The van der Waals surface area contributed by atoms with Gasteiger partial charge in [0.2, 0.25) is 0 Å². The van der Waals surface area contributed by atoms with Crippen LogP contribution in [0.15, 0.2) is 22.6 Å². The van der Waals surface area contributed by atoms with Gasteiger partial charge < -0.3 is 14.8 Å². The lowest BCUT2D eigenvalue weighted by Crippen LogP contribution is -2.25. The Labute approximate surface area is 127 Å². The predicted octanol–water partition coefficient (Wildman–Crippen LogP) is 2.79. The minimum Gasteiger partial charge on any atom is -0.466 e. The van der Waals surface area contributed by atoms with Gasteiger partial charge in [-0.1, -0.05) is 11.8 Å². The van der Waals surface area contributed by atoms with Crippen molar-refractivity contribution in [1.82, 2.24) is 5.32 Å². The second-order valence-electron chi connectivity index (χ2n) is 4.69. The number of carbonyl (C=O) groups is 1. The Bertz CT molecular complexity index is 703. The summed E-state index contributed by atoms with van der Waals surface area (Å²) in [6.45, 7) is 5.51. The van der Waals surface area contributed by atoms with Crippen molar-refractivity contribution in [2.75, 3.05) is 6.61 Å². The number of aliphatic hydroxyl groups excluding tert-OH is 1. The molecule has 0 saturated heterocycles. The highest BCUT2D eigenvalue weighted by Gasteiger charge is 2.17. The Kier molecular flexibility index (Phi) is 4.84. The van der Waals surface area contributed by atoms with E-state index in [0.717, 1.165) is 22.0 Å². The van der Waals surface area contributed by atoms with E-state index in [0.29, 0.717) is 4.88 Å². The van der Waals surface area contributed by atoms with E-state index in [9.17, 15) is 4.79 Å². The fourth-order valence-corrected chi connectivity index (χ4v) is 2.86. The minimum absolute atomic E-state index is 0.121. The standard InChI is InChI=1S/C16H17NO3S/c1-10-9-14(12(3)20-10)11(2)17-16(19)15-7-6-13(21-15)5-4-8-18/h6-7,9,11,18H,8H2,1-3H3,(H,17,19). The second kappa shape index (κ2) is 6.61. The molecule has 0 aliphatic rings. The number of furan rings is 1. The molecule has 2 aromatic heterocycles. The Morgan fingerprint density at radius 3 is 2.86 bits per heavy atom. The quantitative estimate of drug-likeness (QED) is 0.857. The molecule has 1 amide bonds. The van der Waals surface area contributed by atoms with Crippen LogP contribution >= 0.6 is 11.3 Å². The van der Waals surface area contributed by atoms with Gasteiger partial charge in [-0.25, -0.2) is 0 Å². The van der Waals surface area contributed by atoms with E-state index >= 15 is 0 Å². The molecule has 0 aromatic carbocycles. The molecule has 0 saturated carbocycles. The van der Waals surface area contributed by atoms with Gasteiger partial charge >= 0.3 is 0 Å². The maximum absolute atomic E-state index is 12.2. The lowest BCUT2D eigenvalue weighted by molar-refractivity contribution is 0.0944. The van der Waals surface area contributed by atoms with Crippen LogP contribution in [0.4, 0.5) is 0 Å². The first-order chi connectivity index (χ1) is 10.0. The van der Waals surface area contributed by atoms with Crippen molar-refractivity contribution in [1.29, 1.82) is 0 Å². The van der Waals surface area contributed by atoms with E-state index in [1.54, 1.807) is 12.1 Å². The highest BCUT2D eigenvalue weighted by atomic mass is 32.1. The molecule has 1 atom stereocenters. The molecule has 2 N–H and O–H groups in total. The van der Waals surface area contributed by atoms with E-state index in [1.165, 1.54) is 11.3 Å². The summed E-state index contributed by atoms with van der Waals surface area (Å²) in [6.07, 6.45) is 0. The topological polar surface area (TPSA) is 62.5 Å². The molecule has 0 spiro atoms. The van der Waals surface area contributed by atoms with Gasteiger partial charge in [0.05, 0.1) is 15.8 Å². The van der Waals surface area contributed by atoms with Crippen molar-refractivity contribution in [3.8, 4) is 11.8 Å². The van der Waals surface area contributed by atoms with Crippen LogP contribution in [0, 0.1) is 25.7 Å². The van der Waals surface area contributed by atoms with Crippen molar-refractivity contribution in [3.63, 3.8) is 0 Å². The van der Waals surface area contributed by atoms with Gasteiger partial charge in [-0.3, -0.25) is 4.79 Å². The average Bonchev–Trinajstić information content (AvgIpc) is 3.03. The Balaban J connectivity index is 2.07. The lowest BCUT2D eigenvalue weighted by atomic mass is 10.1. The number of nitrogens with one attached hydrogen (secondary N) is 1. The lowest BCUT2D eigenvalue weighted by Gasteiger charge is -2.12. The third-order valence-electron chi connectivity index (χ3n) is 3.01. The van der Waals surface area contributed by atoms with Gasteiger partial charge in [-0.2, -0.15) is 0 Å². The summed E-state index contributed by atoms with van der Waals surface area (Å²) in [7, 11) is 0. The van der Waals surface area contributed by atoms with E-state index in [2.05, 4.69) is 17.2 Å². The largest absolute Gasteiger partial charge is 0.466 e. The molecule has 2 heterocycles. The van der Waals surface area contributed by atoms with Gasteiger partial charge in [0, 0.05) is 5.56 Å². The monoisotopic (exact) mass is 303 g/mol. The van der Waals surface area contributed by atoms with Crippen LogP contribution in [0.3, 0.4) is 0 Å². The molecule has 2 rings (SSSR count). The molecule has 0 aliphatic heterocycles. The molecule has 5 heteroatoms. The second-order valence-corrected chi connectivity index (χ2v) is 5.77. The maximum atomic E-state index is 12.2. The molecular weight excluding hydrogens is 286 g/mol. The molecule has 110 valence electrons. The fourth-order valence-electron chi connectivity index (χ4n) is 2.08. The number of rotatable bonds is 3. The van der Waals surface area contributed by atoms with Crippen molar-refractivity contribution in [2.24, 2.45) is 0 Å². The third-order valence-corrected chi connectivity index (χ3v) is 4.01. The number of carbonyl (C=O) groups excluding carboxylic acids is 1. The zero-order valence-corrected chi connectivity index (χ0v) is 13.0. The number of hydrogen-bond donors (Lipinski definition) is 2. The van der Waals surface area contributed by atoms with Crippen LogP contribution in [0.25, 0.3) is 0 Å². The molecular formula is C16H17NO3S. The summed E-state index contributed by atoms with van der Waals surface area (Å²) in [5, 5.41) is 11.6. The van der Waals surface area contributed by atoms with Crippen molar-refractivity contribution in [3.05, 3.63) is 45.0 Å². The molecule has 0 radical (unpaired) electrons. The summed E-state index contributed by atoms with van der Waals surface area (Å²) >= 11 is 1.31. The normalized spacial score (nSPS) is 11.6. The molecule has 0 aliphatic carbocycles. The van der Waals surface area contributed by atoms with Crippen LogP contribution in [0.5, 0.6) is 0 Å². The summed E-state index contributed by atoms with van der Waals surface area (Å²) in [6, 6.07) is 5.33. The summed E-state index contributed by atoms with van der Waals surface area (Å²) in [5.74, 6) is 6.87. The van der Waals surface area contributed by atoms with Gasteiger partial charge in [-0.15, -0.1) is 11.3 Å². The fraction of sp³-hybridized carbons (Fsp3) is 0.312. The van der Waals surface area contributed by atoms with Crippen molar-refractivity contribution in [2.45, 2.75) is 26.8 Å². The number of thiophene rings is 1. The Hall–Kier alpha value is -2.03. The SMILES string of the molecule is Cc1cc(C(C)NC(=O)c2ccc(C#CCO)s2)c(C)o1. The first-order valence-electron chi connectivity index (χ1n) is 6.58. The van der Waals surface area contributed by atoms with Crippen LogP contribution in [-0.4, -0.2) is 17.6 Å². The molecule has 21 heavy (non-hydrogen) atoms. The van der Waals surface area contributed by atoms with Gasteiger partial charge in [0.1, 0.15) is 18.1 Å². The van der Waals surface area contributed by atoms with Crippen LogP contribution in [0.2, 0.25) is 0 Å². The third kappa shape index (κ3) is 3.75. The Morgan fingerprint density at radius 2 is 2.24 bits per heavy atom. The summed E-state index contributed by atoms with van der Waals surface area (Å²) in [5.41, 5.74) is 0.984. The zero-order valence-electron chi connectivity index (χ0n) is 12.2. The summed E-state index contributed by atoms with van der Waals surface area (Å²) < 4.78 is 5.48. The van der Waals surface area contributed by atoms with Crippen LogP contribution in [0.1, 0.15) is 44.6 Å². The van der Waals surface area contributed by atoms with Crippen molar-refractivity contribution < 1.29 is 14.3 Å².